The minimum Gasteiger partial charge on any atom is -0.457 e. The van der Waals surface area contributed by atoms with E-state index in [0.717, 1.165) is 6.92 Å². The first-order valence-electron chi connectivity index (χ1n) is 5.38. The molecule has 0 spiro atoms. The van der Waals surface area contributed by atoms with E-state index in [1.54, 1.807) is 0 Å². The number of ether oxygens (including phenoxy) is 1. The summed E-state index contributed by atoms with van der Waals surface area (Å²) in [7, 11) is 0. The molecule has 0 aromatic heterocycles. The maximum atomic E-state index is 12.7. The summed E-state index contributed by atoms with van der Waals surface area (Å²) >= 11 is 0. The average Bonchev–Trinajstić information content (AvgIpc) is 2.33. The highest BCUT2D eigenvalue weighted by atomic mass is 19.4. The van der Waals surface area contributed by atoms with E-state index in [-0.39, 0.29) is 18.2 Å². The Morgan fingerprint density at radius 1 is 1.05 bits per heavy atom. The Morgan fingerprint density at radius 2 is 1.62 bits per heavy atom. The Kier molecular flexibility index (Phi) is 4.65. The maximum absolute atomic E-state index is 12.7. The van der Waals surface area contributed by atoms with Gasteiger partial charge in [0.25, 0.3) is 0 Å². The van der Waals surface area contributed by atoms with Crippen LogP contribution in [0.25, 0.3) is 0 Å². The largest absolute Gasteiger partial charge is 0.457 e. The van der Waals surface area contributed by atoms with Crippen LogP contribution in [0.1, 0.15) is 28.4 Å². The van der Waals surface area contributed by atoms with E-state index in [9.17, 15) is 35.9 Å². The van der Waals surface area contributed by atoms with Crippen LogP contribution in [0, 0.1) is 0 Å². The van der Waals surface area contributed by atoms with Crippen LogP contribution >= 0.6 is 0 Å². The number of Topliss-reactive ketones (excluding diaryl/α,β-unsaturated/α-hetero) is 1. The van der Waals surface area contributed by atoms with Crippen molar-refractivity contribution >= 4 is 11.8 Å². The van der Waals surface area contributed by atoms with Gasteiger partial charge in [-0.2, -0.15) is 26.3 Å². The number of ketones is 1. The third-order valence-corrected chi connectivity index (χ3v) is 2.36. The summed E-state index contributed by atoms with van der Waals surface area (Å²) in [5.74, 6) is -2.31. The summed E-state index contributed by atoms with van der Waals surface area (Å²) in [6.07, 6.45) is -9.91. The molecule has 21 heavy (non-hydrogen) atoms. The molecule has 0 radical (unpaired) electrons. The molecule has 1 rings (SSSR count). The van der Waals surface area contributed by atoms with Crippen molar-refractivity contribution in [3.05, 3.63) is 34.9 Å². The van der Waals surface area contributed by atoms with Gasteiger partial charge in [-0.25, -0.2) is 0 Å². The summed E-state index contributed by atoms with van der Waals surface area (Å²) in [6, 6.07) is 0.490. The molecular formula is C12H8F6O3. The molecule has 0 saturated carbocycles. The summed E-state index contributed by atoms with van der Waals surface area (Å²) in [4.78, 5) is 22.1. The summed E-state index contributed by atoms with van der Waals surface area (Å²) < 4.78 is 79.8. The van der Waals surface area contributed by atoms with Gasteiger partial charge in [-0.1, -0.05) is 0 Å². The zero-order chi connectivity index (χ0) is 16.4. The molecule has 9 heteroatoms. The molecular weight excluding hydrogens is 306 g/mol. The Balaban J connectivity index is 3.29. The van der Waals surface area contributed by atoms with Gasteiger partial charge in [0.15, 0.2) is 6.61 Å². The van der Waals surface area contributed by atoms with Crippen LogP contribution in [0.2, 0.25) is 0 Å². The average molecular weight is 314 g/mol. The number of rotatable bonds is 3. The number of hydrogen-bond acceptors (Lipinski definition) is 3. The number of benzene rings is 1. The van der Waals surface area contributed by atoms with Crippen molar-refractivity contribution < 1.29 is 40.7 Å². The highest BCUT2D eigenvalue weighted by molar-refractivity contribution is 5.99. The van der Waals surface area contributed by atoms with Crippen LogP contribution in [-0.2, 0) is 21.9 Å². The van der Waals surface area contributed by atoms with Crippen LogP contribution in [0.5, 0.6) is 0 Å². The van der Waals surface area contributed by atoms with Crippen molar-refractivity contribution in [3.63, 3.8) is 0 Å². The summed E-state index contributed by atoms with van der Waals surface area (Å²) in [6.45, 7) is -0.163. The van der Waals surface area contributed by atoms with Gasteiger partial charge >= 0.3 is 18.3 Å². The summed E-state index contributed by atoms with van der Waals surface area (Å²) in [5, 5.41) is 0. The number of esters is 1. The Hall–Kier alpha value is -2.06. The molecule has 3 nitrogen and oxygen atoms in total. The molecule has 0 fully saturated rings. The predicted octanol–water partition coefficient (Wildman–Crippen LogP) is 3.47. The van der Waals surface area contributed by atoms with Crippen LogP contribution in [0.15, 0.2) is 18.2 Å². The lowest BCUT2D eigenvalue weighted by molar-refractivity contribution is -0.142. The van der Waals surface area contributed by atoms with E-state index >= 15 is 0 Å². The van der Waals surface area contributed by atoms with Crippen molar-refractivity contribution in [3.8, 4) is 0 Å². The molecule has 0 aliphatic heterocycles. The standard InChI is InChI=1S/C12H8F6O3/c1-6(19)21-5-10(20)8-4-7(11(13,14)15)2-3-9(8)12(16,17)18/h2-4H,5H2,1H3. The van der Waals surface area contributed by atoms with E-state index in [1.807, 2.05) is 0 Å². The van der Waals surface area contributed by atoms with Gasteiger partial charge in [-0.15, -0.1) is 0 Å². The van der Waals surface area contributed by atoms with E-state index in [4.69, 9.17) is 0 Å². The smallest absolute Gasteiger partial charge is 0.417 e. The van der Waals surface area contributed by atoms with E-state index in [1.165, 1.54) is 0 Å². The number of alkyl halides is 6. The van der Waals surface area contributed by atoms with Crippen LogP contribution in [0.4, 0.5) is 26.3 Å². The Morgan fingerprint density at radius 3 is 2.05 bits per heavy atom. The van der Waals surface area contributed by atoms with Crippen LogP contribution in [0.3, 0.4) is 0 Å². The lowest BCUT2D eigenvalue weighted by Gasteiger charge is -2.15. The molecule has 0 aliphatic rings. The van der Waals surface area contributed by atoms with Gasteiger partial charge in [0.05, 0.1) is 11.1 Å². The van der Waals surface area contributed by atoms with Crippen LogP contribution in [-0.4, -0.2) is 18.4 Å². The van der Waals surface area contributed by atoms with E-state index in [2.05, 4.69) is 4.74 Å². The molecule has 0 bridgehead atoms. The normalized spacial score (nSPS) is 12.1. The third kappa shape index (κ3) is 4.47. The molecule has 0 saturated heterocycles. The quantitative estimate of drug-likeness (QED) is 0.487. The Labute approximate surface area is 114 Å². The lowest BCUT2D eigenvalue weighted by atomic mass is 10.00. The molecule has 0 heterocycles. The molecule has 1 aromatic rings. The first kappa shape index (κ1) is 17.0. The third-order valence-electron chi connectivity index (χ3n) is 2.36. The first-order chi connectivity index (χ1) is 9.43. The zero-order valence-electron chi connectivity index (χ0n) is 10.4. The molecule has 0 aliphatic carbocycles. The second kappa shape index (κ2) is 5.74. The van der Waals surface area contributed by atoms with Gasteiger partial charge in [0.2, 0.25) is 5.78 Å². The molecule has 1 aromatic carbocycles. The van der Waals surface area contributed by atoms with Gasteiger partial charge in [-0.05, 0) is 18.2 Å². The van der Waals surface area contributed by atoms with Crippen molar-refractivity contribution in [2.75, 3.05) is 6.61 Å². The highest BCUT2D eigenvalue weighted by Crippen LogP contribution is 2.36. The van der Waals surface area contributed by atoms with Gasteiger partial charge < -0.3 is 4.74 Å². The number of halogens is 6. The topological polar surface area (TPSA) is 43.4 Å². The fourth-order valence-corrected chi connectivity index (χ4v) is 1.44. The number of carbonyl (C=O) groups excluding carboxylic acids is 2. The zero-order valence-corrected chi connectivity index (χ0v) is 10.4. The highest BCUT2D eigenvalue weighted by Gasteiger charge is 2.38. The molecule has 116 valence electrons. The SMILES string of the molecule is CC(=O)OCC(=O)c1cc(C(F)(F)F)ccc1C(F)(F)F. The second-order valence-corrected chi connectivity index (χ2v) is 3.96. The first-order valence-corrected chi connectivity index (χ1v) is 5.38. The Bertz CT molecular complexity index is 559. The number of hydrogen-bond donors (Lipinski definition) is 0. The fraction of sp³-hybridized carbons (Fsp3) is 0.333. The maximum Gasteiger partial charge on any atom is 0.417 e. The lowest BCUT2D eigenvalue weighted by Crippen LogP contribution is -2.19. The van der Waals surface area contributed by atoms with Crippen molar-refractivity contribution in [2.24, 2.45) is 0 Å². The minimum absolute atomic E-state index is 0.0919. The van der Waals surface area contributed by atoms with Crippen LogP contribution < -0.4 is 0 Å². The monoisotopic (exact) mass is 314 g/mol. The van der Waals surface area contributed by atoms with E-state index in [0.29, 0.717) is 0 Å². The predicted molar refractivity (Wildman–Crippen MR) is 57.4 cm³/mol. The van der Waals surface area contributed by atoms with Crippen molar-refractivity contribution in [1.82, 2.24) is 0 Å². The molecule has 0 atom stereocenters. The minimum atomic E-state index is -5.01. The van der Waals surface area contributed by atoms with Gasteiger partial charge in [-0.3, -0.25) is 9.59 Å². The van der Waals surface area contributed by atoms with E-state index < -0.39 is 47.4 Å². The number of carbonyl (C=O) groups is 2. The van der Waals surface area contributed by atoms with Crippen molar-refractivity contribution in [1.29, 1.82) is 0 Å². The molecule has 0 unspecified atom stereocenters. The van der Waals surface area contributed by atoms with Crippen molar-refractivity contribution in [2.45, 2.75) is 19.3 Å². The molecule has 0 amide bonds. The van der Waals surface area contributed by atoms with Gasteiger partial charge in [0.1, 0.15) is 0 Å². The fourth-order valence-electron chi connectivity index (χ4n) is 1.44. The molecule has 0 N–H and O–H groups in total. The van der Waals surface area contributed by atoms with Gasteiger partial charge in [0, 0.05) is 12.5 Å². The summed E-state index contributed by atoms with van der Waals surface area (Å²) in [5.41, 5.74) is -4.12. The second-order valence-electron chi connectivity index (χ2n) is 3.96.